The molecule has 0 aromatic heterocycles. The van der Waals surface area contributed by atoms with Crippen LogP contribution in [0.25, 0.3) is 0 Å². The zero-order valence-electron chi connectivity index (χ0n) is 15.1. The highest BCUT2D eigenvalue weighted by atomic mass is 16.5. The number of hydrogen-bond donors (Lipinski definition) is 1. The lowest BCUT2D eigenvalue weighted by Crippen LogP contribution is -2.46. The molecule has 0 heterocycles. The fourth-order valence-corrected chi connectivity index (χ4v) is 2.84. The molecule has 0 aliphatic carbocycles. The molecule has 0 amide bonds. The number of ether oxygens (including phenoxy) is 2. The van der Waals surface area contributed by atoms with E-state index in [1.807, 2.05) is 43.3 Å². The number of esters is 1. The van der Waals surface area contributed by atoms with E-state index in [1.165, 1.54) is 0 Å². The number of carboxylic acids is 1. The van der Waals surface area contributed by atoms with Crippen molar-refractivity contribution < 1.29 is 24.2 Å². The lowest BCUT2D eigenvalue weighted by atomic mass is 9.77. The smallest absolute Gasteiger partial charge is 0.328 e. The first-order valence-corrected chi connectivity index (χ1v) is 8.60. The van der Waals surface area contributed by atoms with Crippen LogP contribution < -0.4 is 0 Å². The Balaban J connectivity index is 2.21. The summed E-state index contributed by atoms with van der Waals surface area (Å²) < 4.78 is 10.7. The molecular formula is C21H24O5. The first-order valence-electron chi connectivity index (χ1n) is 8.60. The Labute approximate surface area is 153 Å². The SMILES string of the molecule is CCOC(=O)C(CCOCc1ccccc1)(C(=O)O)c1cccc(C)c1. The standard InChI is InChI=1S/C21H24O5/c1-3-26-20(24)21(19(22)23,18-11-7-8-16(2)14-18)12-13-25-15-17-9-5-4-6-10-17/h4-11,14H,3,12-13,15H2,1-2H3,(H,22,23). The van der Waals surface area contributed by atoms with Crippen LogP contribution in [0, 0.1) is 6.92 Å². The van der Waals surface area contributed by atoms with E-state index in [2.05, 4.69) is 0 Å². The lowest BCUT2D eigenvalue weighted by Gasteiger charge is -2.28. The minimum absolute atomic E-state index is 0.00253. The number of rotatable bonds is 9. The number of carbonyl (C=O) groups is 2. The summed E-state index contributed by atoms with van der Waals surface area (Å²) in [4.78, 5) is 24.8. The third kappa shape index (κ3) is 4.49. The van der Waals surface area contributed by atoms with Crippen LogP contribution in [0.5, 0.6) is 0 Å². The first kappa shape index (κ1) is 19.7. The van der Waals surface area contributed by atoms with E-state index in [4.69, 9.17) is 9.47 Å². The van der Waals surface area contributed by atoms with E-state index >= 15 is 0 Å². The Morgan fingerprint density at radius 1 is 1.08 bits per heavy atom. The molecule has 2 aromatic carbocycles. The van der Waals surface area contributed by atoms with E-state index < -0.39 is 17.4 Å². The van der Waals surface area contributed by atoms with Gasteiger partial charge in [0.25, 0.3) is 0 Å². The molecule has 0 fully saturated rings. The highest BCUT2D eigenvalue weighted by molar-refractivity contribution is 6.05. The third-order valence-electron chi connectivity index (χ3n) is 4.23. The minimum Gasteiger partial charge on any atom is -0.480 e. The molecule has 2 rings (SSSR count). The fourth-order valence-electron chi connectivity index (χ4n) is 2.84. The molecule has 5 nitrogen and oxygen atoms in total. The maximum absolute atomic E-state index is 12.6. The molecule has 0 bridgehead atoms. The van der Waals surface area contributed by atoms with Crippen LogP contribution in [0.4, 0.5) is 0 Å². The van der Waals surface area contributed by atoms with Gasteiger partial charge in [-0.2, -0.15) is 0 Å². The van der Waals surface area contributed by atoms with Crippen molar-refractivity contribution in [3.63, 3.8) is 0 Å². The summed E-state index contributed by atoms with van der Waals surface area (Å²) in [7, 11) is 0. The second-order valence-corrected chi connectivity index (χ2v) is 6.09. The van der Waals surface area contributed by atoms with Crippen molar-refractivity contribution in [2.24, 2.45) is 0 Å². The summed E-state index contributed by atoms with van der Waals surface area (Å²) >= 11 is 0. The van der Waals surface area contributed by atoms with Crippen LogP contribution in [-0.2, 0) is 31.1 Å². The molecular weight excluding hydrogens is 332 g/mol. The molecule has 5 heteroatoms. The molecule has 0 aliphatic rings. The van der Waals surface area contributed by atoms with Gasteiger partial charge in [-0.3, -0.25) is 9.59 Å². The van der Waals surface area contributed by atoms with Crippen LogP contribution >= 0.6 is 0 Å². The predicted octanol–water partition coefficient (Wildman–Crippen LogP) is 3.49. The summed E-state index contributed by atoms with van der Waals surface area (Å²) in [6.45, 7) is 4.10. The van der Waals surface area contributed by atoms with Crippen molar-refractivity contribution in [2.75, 3.05) is 13.2 Å². The number of aryl methyl sites for hydroxylation is 1. The van der Waals surface area contributed by atoms with Crippen molar-refractivity contribution in [1.82, 2.24) is 0 Å². The Hall–Kier alpha value is -2.66. The molecule has 0 saturated carbocycles. The summed E-state index contributed by atoms with van der Waals surface area (Å²) in [5, 5.41) is 9.93. The average molecular weight is 356 g/mol. The van der Waals surface area contributed by atoms with Crippen molar-refractivity contribution >= 4 is 11.9 Å². The van der Waals surface area contributed by atoms with E-state index in [1.54, 1.807) is 25.1 Å². The molecule has 2 aromatic rings. The molecule has 1 unspecified atom stereocenters. The van der Waals surface area contributed by atoms with Gasteiger partial charge in [0, 0.05) is 13.0 Å². The number of aliphatic carboxylic acids is 1. The first-order chi connectivity index (χ1) is 12.5. The van der Waals surface area contributed by atoms with Gasteiger partial charge in [0.15, 0.2) is 5.41 Å². The quantitative estimate of drug-likeness (QED) is 0.423. The average Bonchev–Trinajstić information content (AvgIpc) is 2.62. The predicted molar refractivity (Wildman–Crippen MR) is 97.8 cm³/mol. The lowest BCUT2D eigenvalue weighted by molar-refractivity contribution is -0.162. The van der Waals surface area contributed by atoms with Crippen LogP contribution in [-0.4, -0.2) is 30.3 Å². The Morgan fingerprint density at radius 2 is 1.81 bits per heavy atom. The molecule has 0 spiro atoms. The molecule has 138 valence electrons. The van der Waals surface area contributed by atoms with Gasteiger partial charge in [-0.05, 0) is 25.0 Å². The third-order valence-corrected chi connectivity index (χ3v) is 4.23. The van der Waals surface area contributed by atoms with Crippen LogP contribution in [0.15, 0.2) is 54.6 Å². The normalized spacial score (nSPS) is 13.0. The maximum atomic E-state index is 12.6. The van der Waals surface area contributed by atoms with Crippen molar-refractivity contribution in [3.8, 4) is 0 Å². The number of benzene rings is 2. The monoisotopic (exact) mass is 356 g/mol. The van der Waals surface area contributed by atoms with Crippen LogP contribution in [0.2, 0.25) is 0 Å². The molecule has 1 N–H and O–H groups in total. The Morgan fingerprint density at radius 3 is 2.42 bits per heavy atom. The number of hydrogen-bond acceptors (Lipinski definition) is 4. The van der Waals surface area contributed by atoms with Crippen molar-refractivity contribution in [2.45, 2.75) is 32.3 Å². The molecule has 0 saturated heterocycles. The topological polar surface area (TPSA) is 72.8 Å². The van der Waals surface area contributed by atoms with Gasteiger partial charge in [-0.15, -0.1) is 0 Å². The zero-order chi connectivity index (χ0) is 19.0. The number of carbonyl (C=O) groups excluding carboxylic acids is 1. The van der Waals surface area contributed by atoms with E-state index in [-0.39, 0.29) is 19.6 Å². The Kier molecular flexibility index (Phi) is 6.92. The van der Waals surface area contributed by atoms with Gasteiger partial charge in [-0.25, -0.2) is 0 Å². The van der Waals surface area contributed by atoms with Crippen LogP contribution in [0.3, 0.4) is 0 Å². The van der Waals surface area contributed by atoms with E-state index in [0.29, 0.717) is 12.2 Å². The van der Waals surface area contributed by atoms with Gasteiger partial charge >= 0.3 is 11.9 Å². The summed E-state index contributed by atoms with van der Waals surface area (Å²) in [6.07, 6.45) is -0.00253. The summed E-state index contributed by atoms with van der Waals surface area (Å²) in [6, 6.07) is 16.5. The van der Waals surface area contributed by atoms with Gasteiger partial charge in [0.2, 0.25) is 0 Å². The highest BCUT2D eigenvalue weighted by Gasteiger charge is 2.49. The molecule has 1 atom stereocenters. The second-order valence-electron chi connectivity index (χ2n) is 6.09. The van der Waals surface area contributed by atoms with Gasteiger partial charge in [0.1, 0.15) is 0 Å². The maximum Gasteiger partial charge on any atom is 0.328 e. The Bertz CT molecular complexity index is 741. The number of carboxylic acid groups (broad SMARTS) is 1. The molecule has 0 radical (unpaired) electrons. The van der Waals surface area contributed by atoms with E-state index in [9.17, 15) is 14.7 Å². The summed E-state index contributed by atoms with van der Waals surface area (Å²) in [5.74, 6) is -1.99. The molecule has 26 heavy (non-hydrogen) atoms. The zero-order valence-corrected chi connectivity index (χ0v) is 15.1. The van der Waals surface area contributed by atoms with Gasteiger partial charge in [-0.1, -0.05) is 60.2 Å². The van der Waals surface area contributed by atoms with Crippen molar-refractivity contribution in [3.05, 3.63) is 71.3 Å². The summed E-state index contributed by atoms with van der Waals surface area (Å²) in [5.41, 5.74) is 0.494. The van der Waals surface area contributed by atoms with Gasteiger partial charge < -0.3 is 14.6 Å². The molecule has 0 aliphatic heterocycles. The fraction of sp³-hybridized carbons (Fsp3) is 0.333. The van der Waals surface area contributed by atoms with E-state index in [0.717, 1.165) is 11.1 Å². The minimum atomic E-state index is -1.78. The largest absolute Gasteiger partial charge is 0.480 e. The highest BCUT2D eigenvalue weighted by Crippen LogP contribution is 2.31. The van der Waals surface area contributed by atoms with Crippen molar-refractivity contribution in [1.29, 1.82) is 0 Å². The van der Waals surface area contributed by atoms with Crippen LogP contribution in [0.1, 0.15) is 30.0 Å². The second kappa shape index (κ2) is 9.15. The van der Waals surface area contributed by atoms with Gasteiger partial charge in [0.05, 0.1) is 13.2 Å².